The highest BCUT2D eigenvalue weighted by Gasteiger charge is 2.08. The Morgan fingerprint density at radius 1 is 0.920 bits per heavy atom. The number of benzene rings is 2. The van der Waals surface area contributed by atoms with E-state index in [1.54, 1.807) is 0 Å². The fourth-order valence-corrected chi connectivity index (χ4v) is 3.18. The van der Waals surface area contributed by atoms with Crippen LogP contribution < -0.4 is 5.32 Å². The van der Waals surface area contributed by atoms with Crippen molar-refractivity contribution in [1.29, 1.82) is 0 Å². The SMILES string of the molecule is CCc1cccc(-c2ccn3c(-c4cccc(NC)c4)cnc3c2)c1. The smallest absolute Gasteiger partial charge is 0.137 e. The third-order valence-electron chi connectivity index (χ3n) is 4.63. The number of nitrogens with one attached hydrogen (secondary N) is 1. The minimum absolute atomic E-state index is 0.962. The van der Waals surface area contributed by atoms with Crippen LogP contribution in [-0.2, 0) is 6.42 Å². The van der Waals surface area contributed by atoms with E-state index in [-0.39, 0.29) is 0 Å². The van der Waals surface area contributed by atoms with Crippen molar-refractivity contribution in [2.75, 3.05) is 12.4 Å². The second kappa shape index (κ2) is 6.44. The normalized spacial score (nSPS) is 11.0. The second-order valence-electron chi connectivity index (χ2n) is 6.17. The Bertz CT molecular complexity index is 1030. The number of hydrogen-bond acceptors (Lipinski definition) is 2. The number of hydrogen-bond donors (Lipinski definition) is 1. The lowest BCUT2D eigenvalue weighted by molar-refractivity contribution is 1.14. The Kier molecular flexibility index (Phi) is 3.98. The van der Waals surface area contributed by atoms with Crippen molar-refractivity contribution in [3.05, 3.63) is 78.6 Å². The van der Waals surface area contributed by atoms with Gasteiger partial charge in [-0.15, -0.1) is 0 Å². The molecular weight excluding hydrogens is 306 g/mol. The first kappa shape index (κ1) is 15.5. The molecule has 2 aromatic carbocycles. The summed E-state index contributed by atoms with van der Waals surface area (Å²) in [4.78, 5) is 4.62. The third-order valence-corrected chi connectivity index (χ3v) is 4.63. The van der Waals surface area contributed by atoms with Crippen LogP contribution in [0.5, 0.6) is 0 Å². The minimum atomic E-state index is 0.962. The van der Waals surface area contributed by atoms with E-state index in [0.29, 0.717) is 0 Å². The molecule has 2 heterocycles. The van der Waals surface area contributed by atoms with Gasteiger partial charge in [0.05, 0.1) is 11.9 Å². The Morgan fingerprint density at radius 2 is 1.72 bits per heavy atom. The van der Waals surface area contributed by atoms with Gasteiger partial charge in [-0.1, -0.05) is 43.3 Å². The Morgan fingerprint density at radius 3 is 2.56 bits per heavy atom. The summed E-state index contributed by atoms with van der Waals surface area (Å²) in [6.45, 7) is 2.18. The van der Waals surface area contributed by atoms with E-state index < -0.39 is 0 Å². The molecular formula is C22H21N3. The molecule has 4 rings (SSSR count). The lowest BCUT2D eigenvalue weighted by Crippen LogP contribution is -1.91. The zero-order chi connectivity index (χ0) is 17.2. The van der Waals surface area contributed by atoms with Crippen LogP contribution >= 0.6 is 0 Å². The second-order valence-corrected chi connectivity index (χ2v) is 6.17. The molecule has 2 aromatic heterocycles. The van der Waals surface area contributed by atoms with Crippen molar-refractivity contribution >= 4 is 11.3 Å². The molecule has 0 amide bonds. The van der Waals surface area contributed by atoms with Gasteiger partial charge in [-0.25, -0.2) is 4.98 Å². The van der Waals surface area contributed by atoms with Crippen molar-refractivity contribution < 1.29 is 0 Å². The number of nitrogens with zero attached hydrogens (tertiary/aromatic N) is 2. The number of aryl methyl sites for hydroxylation is 1. The number of pyridine rings is 1. The highest BCUT2D eigenvalue weighted by molar-refractivity contribution is 5.72. The molecule has 3 nitrogen and oxygen atoms in total. The van der Waals surface area contributed by atoms with Crippen LogP contribution in [0.4, 0.5) is 5.69 Å². The number of rotatable bonds is 4. The van der Waals surface area contributed by atoms with Crippen LogP contribution in [0.3, 0.4) is 0 Å². The number of imidazole rings is 1. The molecule has 0 saturated carbocycles. The van der Waals surface area contributed by atoms with Crippen molar-refractivity contribution in [1.82, 2.24) is 9.38 Å². The average molecular weight is 327 g/mol. The number of fused-ring (bicyclic) bond motifs is 1. The zero-order valence-corrected chi connectivity index (χ0v) is 14.5. The molecule has 0 saturated heterocycles. The van der Waals surface area contributed by atoms with Gasteiger partial charge in [0.1, 0.15) is 5.65 Å². The molecule has 1 N–H and O–H groups in total. The summed E-state index contributed by atoms with van der Waals surface area (Å²) in [5.74, 6) is 0. The topological polar surface area (TPSA) is 29.3 Å². The van der Waals surface area contributed by atoms with E-state index in [9.17, 15) is 0 Å². The molecule has 25 heavy (non-hydrogen) atoms. The van der Waals surface area contributed by atoms with E-state index in [1.807, 2.05) is 13.2 Å². The molecule has 0 aliphatic carbocycles. The molecule has 0 radical (unpaired) electrons. The summed E-state index contributed by atoms with van der Waals surface area (Å²) in [6.07, 6.45) is 5.10. The van der Waals surface area contributed by atoms with E-state index in [4.69, 9.17) is 0 Å². The molecule has 0 bridgehead atoms. The first-order valence-corrected chi connectivity index (χ1v) is 8.63. The van der Waals surface area contributed by atoms with Gasteiger partial charge < -0.3 is 5.32 Å². The molecule has 0 unspecified atom stereocenters. The Labute approximate surface area is 148 Å². The zero-order valence-electron chi connectivity index (χ0n) is 14.5. The van der Waals surface area contributed by atoms with Crippen molar-refractivity contribution in [2.45, 2.75) is 13.3 Å². The summed E-state index contributed by atoms with van der Waals surface area (Å²) < 4.78 is 2.14. The van der Waals surface area contributed by atoms with Crippen molar-refractivity contribution in [3.63, 3.8) is 0 Å². The largest absolute Gasteiger partial charge is 0.388 e. The Hall–Kier alpha value is -3.07. The Balaban J connectivity index is 1.78. The van der Waals surface area contributed by atoms with E-state index >= 15 is 0 Å². The molecule has 3 heteroatoms. The number of anilines is 1. The van der Waals surface area contributed by atoms with Crippen molar-refractivity contribution in [3.8, 4) is 22.4 Å². The van der Waals surface area contributed by atoms with Crippen LogP contribution in [0.15, 0.2) is 73.1 Å². The van der Waals surface area contributed by atoms with Gasteiger partial charge in [-0.3, -0.25) is 4.40 Å². The van der Waals surface area contributed by atoms with Crippen LogP contribution in [-0.4, -0.2) is 16.4 Å². The fourth-order valence-electron chi connectivity index (χ4n) is 3.18. The average Bonchev–Trinajstić information content (AvgIpc) is 3.11. The van der Waals surface area contributed by atoms with Crippen LogP contribution in [0, 0.1) is 0 Å². The summed E-state index contributed by atoms with van der Waals surface area (Å²) in [5.41, 5.74) is 8.10. The van der Waals surface area contributed by atoms with Gasteiger partial charge in [0, 0.05) is 24.5 Å². The summed E-state index contributed by atoms with van der Waals surface area (Å²) in [6, 6.07) is 21.4. The van der Waals surface area contributed by atoms with Gasteiger partial charge in [0.2, 0.25) is 0 Å². The summed E-state index contributed by atoms with van der Waals surface area (Å²) in [5, 5.41) is 3.19. The van der Waals surface area contributed by atoms with E-state index in [2.05, 4.69) is 88.5 Å². The molecule has 0 aliphatic heterocycles. The molecule has 0 fully saturated rings. The maximum Gasteiger partial charge on any atom is 0.137 e. The molecule has 0 aliphatic rings. The van der Waals surface area contributed by atoms with Gasteiger partial charge in [-0.2, -0.15) is 0 Å². The highest BCUT2D eigenvalue weighted by Crippen LogP contribution is 2.27. The standard InChI is InChI=1S/C22H21N3/c1-3-16-6-4-7-17(12-16)18-10-11-25-21(15-24-22(25)14-18)19-8-5-9-20(13-19)23-2/h4-15,23H,3H2,1-2H3. The van der Waals surface area contributed by atoms with Gasteiger partial charge in [-0.05, 0) is 47.4 Å². The van der Waals surface area contributed by atoms with Crippen LogP contribution in [0.25, 0.3) is 28.0 Å². The van der Waals surface area contributed by atoms with E-state index in [1.165, 1.54) is 16.7 Å². The maximum atomic E-state index is 4.62. The van der Waals surface area contributed by atoms with Crippen LogP contribution in [0.2, 0.25) is 0 Å². The maximum absolute atomic E-state index is 4.62. The quantitative estimate of drug-likeness (QED) is 0.553. The molecule has 4 aromatic rings. The third kappa shape index (κ3) is 2.89. The minimum Gasteiger partial charge on any atom is -0.388 e. The fraction of sp³-hybridized carbons (Fsp3) is 0.136. The van der Waals surface area contributed by atoms with Gasteiger partial charge >= 0.3 is 0 Å². The predicted octanol–water partition coefficient (Wildman–Crippen LogP) is 5.27. The van der Waals surface area contributed by atoms with Crippen LogP contribution in [0.1, 0.15) is 12.5 Å². The molecule has 0 spiro atoms. The lowest BCUT2D eigenvalue weighted by Gasteiger charge is -2.07. The predicted molar refractivity (Wildman–Crippen MR) is 105 cm³/mol. The summed E-state index contributed by atoms with van der Waals surface area (Å²) >= 11 is 0. The molecule has 0 atom stereocenters. The first-order valence-electron chi connectivity index (χ1n) is 8.63. The van der Waals surface area contributed by atoms with Gasteiger partial charge in [0.25, 0.3) is 0 Å². The lowest BCUT2D eigenvalue weighted by atomic mass is 10.0. The van der Waals surface area contributed by atoms with E-state index in [0.717, 1.165) is 29.0 Å². The molecule has 124 valence electrons. The first-order chi connectivity index (χ1) is 12.3. The monoisotopic (exact) mass is 327 g/mol. The van der Waals surface area contributed by atoms with Crippen molar-refractivity contribution in [2.24, 2.45) is 0 Å². The number of aromatic nitrogens is 2. The summed E-state index contributed by atoms with van der Waals surface area (Å²) in [7, 11) is 1.93. The van der Waals surface area contributed by atoms with Gasteiger partial charge in [0.15, 0.2) is 0 Å². The highest BCUT2D eigenvalue weighted by atomic mass is 15.0.